The standard InChI is InChI=1S/C17H22N6O2S/c1-26(24,25)22-8-9-23-13(10-22)21-15-16(23)14-11(5-3-7-18)4-2-6-12(14)20-17(15)19/h2,4,6H,3,5,7-10,18H2,1H3,(H2,19,20). The molecule has 0 fully saturated rings. The van der Waals surface area contributed by atoms with Gasteiger partial charge in [-0.1, -0.05) is 12.1 Å². The van der Waals surface area contributed by atoms with Crippen LogP contribution in [0.4, 0.5) is 5.82 Å². The molecule has 0 bridgehead atoms. The van der Waals surface area contributed by atoms with E-state index in [4.69, 9.17) is 11.5 Å². The molecule has 0 saturated carbocycles. The summed E-state index contributed by atoms with van der Waals surface area (Å²) in [7, 11) is -3.26. The summed E-state index contributed by atoms with van der Waals surface area (Å²) in [6.45, 7) is 1.84. The monoisotopic (exact) mass is 374 g/mol. The highest BCUT2D eigenvalue weighted by Crippen LogP contribution is 2.33. The van der Waals surface area contributed by atoms with E-state index in [-0.39, 0.29) is 6.54 Å². The van der Waals surface area contributed by atoms with Crippen LogP contribution in [0.1, 0.15) is 17.8 Å². The third-order valence-electron chi connectivity index (χ3n) is 4.91. The maximum absolute atomic E-state index is 11.9. The van der Waals surface area contributed by atoms with E-state index in [0.29, 0.717) is 36.8 Å². The van der Waals surface area contributed by atoms with Crippen LogP contribution >= 0.6 is 0 Å². The number of pyridine rings is 1. The molecule has 3 heterocycles. The van der Waals surface area contributed by atoms with Crippen LogP contribution in [-0.4, -0.2) is 46.6 Å². The van der Waals surface area contributed by atoms with Crippen molar-refractivity contribution >= 4 is 37.8 Å². The molecule has 0 saturated heterocycles. The van der Waals surface area contributed by atoms with Gasteiger partial charge >= 0.3 is 0 Å². The first-order chi connectivity index (χ1) is 12.4. The van der Waals surface area contributed by atoms with Gasteiger partial charge in [-0.3, -0.25) is 0 Å². The second kappa shape index (κ2) is 6.19. The van der Waals surface area contributed by atoms with Gasteiger partial charge in [0.25, 0.3) is 0 Å². The highest BCUT2D eigenvalue weighted by atomic mass is 32.2. The van der Waals surface area contributed by atoms with Gasteiger partial charge in [-0.25, -0.2) is 18.4 Å². The zero-order chi connectivity index (χ0) is 18.5. The fourth-order valence-electron chi connectivity index (χ4n) is 3.66. The molecule has 4 rings (SSSR count). The van der Waals surface area contributed by atoms with E-state index in [1.54, 1.807) is 0 Å². The Kier molecular flexibility index (Phi) is 4.09. The van der Waals surface area contributed by atoms with Gasteiger partial charge in [0.1, 0.15) is 11.3 Å². The first kappa shape index (κ1) is 17.2. The summed E-state index contributed by atoms with van der Waals surface area (Å²) in [5.41, 5.74) is 15.4. The smallest absolute Gasteiger partial charge is 0.211 e. The molecule has 1 aliphatic heterocycles. The van der Waals surface area contributed by atoms with E-state index in [1.807, 2.05) is 12.1 Å². The van der Waals surface area contributed by atoms with E-state index < -0.39 is 10.0 Å². The summed E-state index contributed by atoms with van der Waals surface area (Å²) in [6.07, 6.45) is 2.96. The zero-order valence-electron chi connectivity index (χ0n) is 14.6. The van der Waals surface area contributed by atoms with Gasteiger partial charge in [0.05, 0.1) is 23.8 Å². The fourth-order valence-corrected chi connectivity index (χ4v) is 4.42. The molecule has 9 heteroatoms. The summed E-state index contributed by atoms with van der Waals surface area (Å²) in [5, 5.41) is 1.04. The van der Waals surface area contributed by atoms with E-state index in [2.05, 4.69) is 20.6 Å². The van der Waals surface area contributed by atoms with E-state index >= 15 is 0 Å². The Morgan fingerprint density at radius 2 is 2.04 bits per heavy atom. The number of anilines is 1. The number of aryl methyl sites for hydroxylation is 1. The van der Waals surface area contributed by atoms with Crippen molar-refractivity contribution in [2.45, 2.75) is 25.9 Å². The third kappa shape index (κ3) is 2.72. The fraction of sp³-hybridized carbons (Fsp3) is 0.412. The number of nitrogens with two attached hydrogens (primary N) is 2. The molecule has 2 aromatic heterocycles. The molecular formula is C17H22N6O2S. The van der Waals surface area contributed by atoms with Gasteiger partial charge in [-0.05, 0) is 31.0 Å². The maximum atomic E-state index is 11.9. The SMILES string of the molecule is CS(=O)(=O)N1CCn2c(nc3c(N)nc4cccc(CCCN)c4c32)C1. The number of aromatic nitrogens is 3. The Bertz CT molecular complexity index is 1110. The number of benzene rings is 1. The van der Waals surface area contributed by atoms with Gasteiger partial charge in [-0.2, -0.15) is 4.31 Å². The topological polar surface area (TPSA) is 120 Å². The molecule has 1 aromatic carbocycles. The normalized spacial score (nSPS) is 15.6. The van der Waals surface area contributed by atoms with Crippen LogP contribution < -0.4 is 11.5 Å². The molecule has 8 nitrogen and oxygen atoms in total. The van der Waals surface area contributed by atoms with Gasteiger partial charge in [0, 0.05) is 18.5 Å². The first-order valence-corrected chi connectivity index (χ1v) is 10.5. The predicted molar refractivity (Wildman–Crippen MR) is 102 cm³/mol. The Balaban J connectivity index is 1.97. The van der Waals surface area contributed by atoms with Crippen molar-refractivity contribution in [3.8, 4) is 0 Å². The van der Waals surface area contributed by atoms with Crippen LogP contribution in [0, 0.1) is 0 Å². The lowest BCUT2D eigenvalue weighted by molar-refractivity contribution is 0.341. The van der Waals surface area contributed by atoms with Crippen molar-refractivity contribution in [3.05, 3.63) is 29.6 Å². The summed E-state index contributed by atoms with van der Waals surface area (Å²) in [4.78, 5) is 9.16. The minimum absolute atomic E-state index is 0.249. The molecule has 0 spiro atoms. The van der Waals surface area contributed by atoms with Crippen molar-refractivity contribution in [1.29, 1.82) is 0 Å². The molecule has 1 aliphatic rings. The Hall–Kier alpha value is -2.23. The number of imidazole rings is 1. The van der Waals surface area contributed by atoms with Crippen LogP contribution in [0.5, 0.6) is 0 Å². The molecule has 0 amide bonds. The van der Waals surface area contributed by atoms with E-state index in [1.165, 1.54) is 16.1 Å². The lowest BCUT2D eigenvalue weighted by atomic mass is 10.0. The maximum Gasteiger partial charge on any atom is 0.211 e. The molecule has 3 aromatic rings. The van der Waals surface area contributed by atoms with Gasteiger partial charge < -0.3 is 16.0 Å². The van der Waals surface area contributed by atoms with Crippen LogP contribution in [0.15, 0.2) is 18.2 Å². The number of hydrogen-bond acceptors (Lipinski definition) is 6. The summed E-state index contributed by atoms with van der Waals surface area (Å²) in [5.74, 6) is 1.07. The van der Waals surface area contributed by atoms with E-state index in [0.717, 1.165) is 29.3 Å². The molecule has 26 heavy (non-hydrogen) atoms. The number of rotatable bonds is 4. The quantitative estimate of drug-likeness (QED) is 0.698. The number of sulfonamides is 1. The number of hydrogen-bond donors (Lipinski definition) is 2. The summed E-state index contributed by atoms with van der Waals surface area (Å²) >= 11 is 0. The first-order valence-electron chi connectivity index (χ1n) is 8.61. The Morgan fingerprint density at radius 1 is 1.23 bits per heavy atom. The number of nitrogens with zero attached hydrogens (tertiary/aromatic N) is 4. The highest BCUT2D eigenvalue weighted by Gasteiger charge is 2.27. The predicted octanol–water partition coefficient (Wildman–Crippen LogP) is 0.833. The number of nitrogen functional groups attached to an aromatic ring is 1. The molecule has 0 atom stereocenters. The van der Waals surface area contributed by atoms with Gasteiger partial charge in [0.15, 0.2) is 5.82 Å². The second-order valence-corrected chi connectivity index (χ2v) is 8.66. The van der Waals surface area contributed by atoms with Crippen molar-refractivity contribution in [1.82, 2.24) is 18.8 Å². The molecule has 0 aliphatic carbocycles. The highest BCUT2D eigenvalue weighted by molar-refractivity contribution is 7.88. The number of fused-ring (bicyclic) bond motifs is 5. The minimum Gasteiger partial charge on any atom is -0.382 e. The molecular weight excluding hydrogens is 352 g/mol. The van der Waals surface area contributed by atoms with Crippen molar-refractivity contribution in [3.63, 3.8) is 0 Å². The second-order valence-electron chi connectivity index (χ2n) is 6.67. The third-order valence-corrected chi connectivity index (χ3v) is 6.16. The van der Waals surface area contributed by atoms with E-state index in [9.17, 15) is 8.42 Å². The lowest BCUT2D eigenvalue weighted by Gasteiger charge is -2.26. The van der Waals surface area contributed by atoms with Gasteiger partial charge in [0.2, 0.25) is 10.0 Å². The summed E-state index contributed by atoms with van der Waals surface area (Å²) in [6, 6.07) is 6.01. The van der Waals surface area contributed by atoms with Crippen molar-refractivity contribution < 1.29 is 8.42 Å². The molecule has 138 valence electrons. The van der Waals surface area contributed by atoms with Crippen LogP contribution in [0.3, 0.4) is 0 Å². The Labute approximate surface area is 151 Å². The zero-order valence-corrected chi connectivity index (χ0v) is 15.5. The molecule has 0 radical (unpaired) electrons. The van der Waals surface area contributed by atoms with Crippen LogP contribution in [0.2, 0.25) is 0 Å². The minimum atomic E-state index is -3.26. The Morgan fingerprint density at radius 3 is 2.77 bits per heavy atom. The van der Waals surface area contributed by atoms with Gasteiger partial charge in [-0.15, -0.1) is 0 Å². The lowest BCUT2D eigenvalue weighted by Crippen LogP contribution is -2.37. The molecule has 0 unspecified atom stereocenters. The largest absolute Gasteiger partial charge is 0.382 e. The summed E-state index contributed by atoms with van der Waals surface area (Å²) < 4.78 is 27.3. The van der Waals surface area contributed by atoms with Crippen molar-refractivity contribution in [2.75, 3.05) is 25.1 Å². The van der Waals surface area contributed by atoms with Crippen LogP contribution in [-0.2, 0) is 29.5 Å². The molecule has 4 N–H and O–H groups in total. The average molecular weight is 374 g/mol. The van der Waals surface area contributed by atoms with Crippen molar-refractivity contribution in [2.24, 2.45) is 5.73 Å². The van der Waals surface area contributed by atoms with Crippen LogP contribution in [0.25, 0.3) is 21.9 Å². The average Bonchev–Trinajstić information content (AvgIpc) is 2.98.